The number of nitrogens with one attached hydrogen (secondary N) is 1. The standard InChI is InChI=1S/C18H17FN2O2/c1-2-23-17-7-6-13(11-16(17)19)8-9-21-18(22)15-5-3-4-14(10-15)12-20/h3-7,10-11H,2,8-9H2,1H3,(H,21,22). The van der Waals surface area contributed by atoms with Crippen LogP contribution in [0, 0.1) is 17.1 Å². The molecule has 0 fully saturated rings. The van der Waals surface area contributed by atoms with Gasteiger partial charge < -0.3 is 10.1 Å². The van der Waals surface area contributed by atoms with Gasteiger partial charge in [-0.2, -0.15) is 5.26 Å². The van der Waals surface area contributed by atoms with Gasteiger partial charge in [0.25, 0.3) is 5.91 Å². The largest absolute Gasteiger partial charge is 0.491 e. The predicted molar refractivity (Wildman–Crippen MR) is 84.8 cm³/mol. The molecule has 4 nitrogen and oxygen atoms in total. The van der Waals surface area contributed by atoms with Crippen molar-refractivity contribution in [3.63, 3.8) is 0 Å². The summed E-state index contributed by atoms with van der Waals surface area (Å²) in [6.07, 6.45) is 0.507. The van der Waals surface area contributed by atoms with Crippen molar-refractivity contribution in [1.29, 1.82) is 5.26 Å². The van der Waals surface area contributed by atoms with Crippen LogP contribution in [0.1, 0.15) is 28.4 Å². The Kier molecular flexibility index (Phi) is 5.70. The maximum Gasteiger partial charge on any atom is 0.251 e. The number of benzene rings is 2. The Morgan fingerprint density at radius 3 is 2.83 bits per heavy atom. The van der Waals surface area contributed by atoms with Crippen molar-refractivity contribution in [2.75, 3.05) is 13.2 Å². The third-order valence-electron chi connectivity index (χ3n) is 3.25. The van der Waals surface area contributed by atoms with Gasteiger partial charge in [-0.1, -0.05) is 12.1 Å². The Hall–Kier alpha value is -2.87. The summed E-state index contributed by atoms with van der Waals surface area (Å²) in [7, 11) is 0. The zero-order chi connectivity index (χ0) is 16.7. The van der Waals surface area contributed by atoms with Crippen LogP contribution < -0.4 is 10.1 Å². The fourth-order valence-electron chi connectivity index (χ4n) is 2.12. The highest BCUT2D eigenvalue weighted by Gasteiger charge is 2.07. The molecule has 0 atom stereocenters. The van der Waals surface area contributed by atoms with Crippen LogP contribution in [0.4, 0.5) is 4.39 Å². The number of ether oxygens (including phenoxy) is 1. The minimum atomic E-state index is -0.405. The Balaban J connectivity index is 1.90. The Morgan fingerprint density at radius 2 is 2.13 bits per heavy atom. The number of hydrogen-bond acceptors (Lipinski definition) is 3. The van der Waals surface area contributed by atoms with Gasteiger partial charge in [0, 0.05) is 12.1 Å². The normalized spacial score (nSPS) is 9.96. The molecule has 0 heterocycles. The smallest absolute Gasteiger partial charge is 0.251 e. The van der Waals surface area contributed by atoms with E-state index in [2.05, 4.69) is 5.32 Å². The van der Waals surface area contributed by atoms with E-state index in [1.807, 2.05) is 6.07 Å². The van der Waals surface area contributed by atoms with Crippen LogP contribution in [0.3, 0.4) is 0 Å². The molecule has 2 aromatic carbocycles. The molecule has 0 spiro atoms. The lowest BCUT2D eigenvalue weighted by molar-refractivity contribution is 0.0954. The van der Waals surface area contributed by atoms with E-state index in [1.165, 1.54) is 12.1 Å². The molecule has 0 aliphatic heterocycles. The second-order valence-electron chi connectivity index (χ2n) is 4.90. The number of carbonyl (C=O) groups excluding carboxylic acids is 1. The monoisotopic (exact) mass is 312 g/mol. The third-order valence-corrected chi connectivity index (χ3v) is 3.25. The van der Waals surface area contributed by atoms with Gasteiger partial charge in [-0.3, -0.25) is 4.79 Å². The summed E-state index contributed by atoms with van der Waals surface area (Å²) in [5, 5.41) is 11.6. The molecule has 0 unspecified atom stereocenters. The summed E-state index contributed by atoms with van der Waals surface area (Å²) in [6, 6.07) is 13.2. The van der Waals surface area contributed by atoms with Crippen molar-refractivity contribution in [3.8, 4) is 11.8 Å². The van der Waals surface area contributed by atoms with Crippen LogP contribution in [0.5, 0.6) is 5.75 Å². The second-order valence-corrected chi connectivity index (χ2v) is 4.90. The predicted octanol–water partition coefficient (Wildman–Crippen LogP) is 3.07. The highest BCUT2D eigenvalue weighted by atomic mass is 19.1. The fourth-order valence-corrected chi connectivity index (χ4v) is 2.12. The quantitative estimate of drug-likeness (QED) is 0.891. The van der Waals surface area contributed by atoms with Gasteiger partial charge in [0.15, 0.2) is 11.6 Å². The van der Waals surface area contributed by atoms with Crippen LogP contribution in [0.15, 0.2) is 42.5 Å². The zero-order valence-corrected chi connectivity index (χ0v) is 12.8. The minimum absolute atomic E-state index is 0.230. The molecule has 0 radical (unpaired) electrons. The third kappa shape index (κ3) is 4.55. The zero-order valence-electron chi connectivity index (χ0n) is 12.8. The molecule has 23 heavy (non-hydrogen) atoms. The Labute approximate surface area is 134 Å². The molecule has 0 aliphatic carbocycles. The molecule has 0 bridgehead atoms. The molecule has 1 amide bonds. The average molecular weight is 312 g/mol. The van der Waals surface area contributed by atoms with Gasteiger partial charge >= 0.3 is 0 Å². The number of carbonyl (C=O) groups is 1. The van der Waals surface area contributed by atoms with Crippen LogP contribution in [-0.2, 0) is 6.42 Å². The molecule has 0 aromatic heterocycles. The van der Waals surface area contributed by atoms with Crippen LogP contribution in [-0.4, -0.2) is 19.1 Å². The van der Waals surface area contributed by atoms with E-state index in [1.54, 1.807) is 37.3 Å². The molecule has 0 aliphatic rings. The summed E-state index contributed by atoms with van der Waals surface area (Å²) < 4.78 is 18.9. The Bertz CT molecular complexity index is 738. The van der Waals surface area contributed by atoms with E-state index in [9.17, 15) is 9.18 Å². The highest BCUT2D eigenvalue weighted by molar-refractivity contribution is 5.94. The average Bonchev–Trinajstić information content (AvgIpc) is 2.57. The molecule has 2 aromatic rings. The van der Waals surface area contributed by atoms with Gasteiger partial charge in [0.2, 0.25) is 0 Å². The van der Waals surface area contributed by atoms with Crippen molar-refractivity contribution in [2.24, 2.45) is 0 Å². The molecule has 118 valence electrons. The molecule has 0 saturated heterocycles. The summed E-state index contributed by atoms with van der Waals surface area (Å²) in [5.41, 5.74) is 1.64. The first-order valence-electron chi connectivity index (χ1n) is 7.33. The fraction of sp³-hybridized carbons (Fsp3) is 0.222. The molecular weight excluding hydrogens is 295 g/mol. The number of nitrogens with zero attached hydrogens (tertiary/aromatic N) is 1. The van der Waals surface area contributed by atoms with Crippen LogP contribution >= 0.6 is 0 Å². The van der Waals surface area contributed by atoms with Gasteiger partial charge in [-0.25, -0.2) is 4.39 Å². The SMILES string of the molecule is CCOc1ccc(CCNC(=O)c2cccc(C#N)c2)cc1F. The van der Waals surface area contributed by atoms with Crippen molar-refractivity contribution in [2.45, 2.75) is 13.3 Å². The lowest BCUT2D eigenvalue weighted by atomic mass is 10.1. The van der Waals surface area contributed by atoms with Crippen LogP contribution in [0.25, 0.3) is 0 Å². The summed E-state index contributed by atoms with van der Waals surface area (Å²) in [4.78, 5) is 12.0. The molecule has 1 N–H and O–H groups in total. The first-order valence-corrected chi connectivity index (χ1v) is 7.33. The topological polar surface area (TPSA) is 62.1 Å². The minimum Gasteiger partial charge on any atom is -0.491 e. The van der Waals surface area contributed by atoms with Crippen molar-refractivity contribution < 1.29 is 13.9 Å². The van der Waals surface area contributed by atoms with E-state index in [0.29, 0.717) is 30.7 Å². The molecule has 0 saturated carbocycles. The summed E-state index contributed by atoms with van der Waals surface area (Å²) in [6.45, 7) is 2.58. The van der Waals surface area contributed by atoms with Crippen molar-refractivity contribution in [3.05, 3.63) is 65.0 Å². The van der Waals surface area contributed by atoms with Crippen molar-refractivity contribution >= 4 is 5.91 Å². The maximum atomic E-state index is 13.7. The highest BCUT2D eigenvalue weighted by Crippen LogP contribution is 2.18. The number of rotatable bonds is 6. The molecule has 2 rings (SSSR count). The van der Waals surface area contributed by atoms with Gasteiger partial charge in [0.1, 0.15) is 0 Å². The summed E-state index contributed by atoms with van der Waals surface area (Å²) in [5.74, 6) is -0.431. The van der Waals surface area contributed by atoms with Gasteiger partial charge in [-0.05, 0) is 49.2 Å². The number of halogens is 1. The lowest BCUT2D eigenvalue weighted by Crippen LogP contribution is -2.25. The Morgan fingerprint density at radius 1 is 1.30 bits per heavy atom. The first kappa shape index (κ1) is 16.5. The van der Waals surface area contributed by atoms with E-state index >= 15 is 0 Å². The van der Waals surface area contributed by atoms with E-state index in [0.717, 1.165) is 5.56 Å². The van der Waals surface area contributed by atoms with Gasteiger partial charge in [-0.15, -0.1) is 0 Å². The van der Waals surface area contributed by atoms with Crippen LogP contribution in [0.2, 0.25) is 0 Å². The van der Waals surface area contributed by atoms with E-state index in [4.69, 9.17) is 10.00 Å². The number of amides is 1. The van der Waals surface area contributed by atoms with E-state index in [-0.39, 0.29) is 11.7 Å². The maximum absolute atomic E-state index is 13.7. The summed E-state index contributed by atoms with van der Waals surface area (Å²) >= 11 is 0. The van der Waals surface area contributed by atoms with Crippen molar-refractivity contribution in [1.82, 2.24) is 5.32 Å². The number of hydrogen-bond donors (Lipinski definition) is 1. The first-order chi connectivity index (χ1) is 11.1. The lowest BCUT2D eigenvalue weighted by Gasteiger charge is -2.08. The van der Waals surface area contributed by atoms with E-state index < -0.39 is 5.82 Å². The molecular formula is C18H17FN2O2. The number of nitriles is 1. The van der Waals surface area contributed by atoms with Gasteiger partial charge in [0.05, 0.1) is 18.2 Å². The molecule has 5 heteroatoms. The second kappa shape index (κ2) is 7.95.